The van der Waals surface area contributed by atoms with E-state index >= 15 is 0 Å². The van der Waals surface area contributed by atoms with Crippen molar-refractivity contribution in [1.29, 1.82) is 0 Å². The zero-order valence-electron chi connectivity index (χ0n) is 37.1. The lowest BCUT2D eigenvalue weighted by Crippen LogP contribution is -2.41. The van der Waals surface area contributed by atoms with Gasteiger partial charge < -0.3 is 30.5 Å². The molecule has 5 aromatic rings. The van der Waals surface area contributed by atoms with Gasteiger partial charge in [0.2, 0.25) is 0 Å². The number of carbonyl (C=O) groups excluding carboxylic acids is 4. The highest BCUT2D eigenvalue weighted by Gasteiger charge is 2.40. The number of carbonyl (C=O) groups is 7. The number of benzene rings is 5. The summed E-state index contributed by atoms with van der Waals surface area (Å²) in [5, 5.41) is 28.5. The minimum absolute atomic E-state index is 0. The summed E-state index contributed by atoms with van der Waals surface area (Å²) in [6, 6.07) is 16.5. The molecule has 15 nitrogen and oxygen atoms in total. The van der Waals surface area contributed by atoms with Gasteiger partial charge in [-0.2, -0.15) is 0 Å². The van der Waals surface area contributed by atoms with Crippen LogP contribution in [0.15, 0.2) is 102 Å². The molecule has 0 unspecified atom stereocenters. The molecule has 0 bridgehead atoms. The summed E-state index contributed by atoms with van der Waals surface area (Å²) in [6.45, 7) is -0.631. The van der Waals surface area contributed by atoms with Gasteiger partial charge in [-0.1, -0.05) is 60.7 Å². The van der Waals surface area contributed by atoms with Crippen LogP contribution in [0.1, 0.15) is 51.1 Å². The number of cyclic esters (lactones) is 1. The highest BCUT2D eigenvalue weighted by molar-refractivity contribution is 9.10. The van der Waals surface area contributed by atoms with Crippen LogP contribution >= 0.6 is 28.3 Å². The number of aliphatic carboxylic acids is 3. The molecule has 1 aliphatic heterocycles. The van der Waals surface area contributed by atoms with Crippen molar-refractivity contribution in [2.75, 3.05) is 13.3 Å². The van der Waals surface area contributed by atoms with E-state index < -0.39 is 130 Å². The Morgan fingerprint density at radius 1 is 0.685 bits per heavy atom. The second-order valence-electron chi connectivity index (χ2n) is 14.7. The molecule has 0 aromatic heterocycles. The average molecular weight is 1130 g/mol. The lowest BCUT2D eigenvalue weighted by molar-refractivity contribution is -0.144. The topological polar surface area (TPSA) is 240 Å². The second-order valence-corrected chi connectivity index (χ2v) is 15.6. The van der Waals surface area contributed by atoms with Crippen LogP contribution in [0.4, 0.5) is 44.3 Å². The number of halogens is 11. The Kier molecular flexibility index (Phi) is 25.3. The van der Waals surface area contributed by atoms with Gasteiger partial charge in [-0.15, -0.1) is 12.4 Å². The first-order valence-electron chi connectivity index (χ1n) is 20.4. The molecule has 6 rings (SSSR count). The lowest BCUT2D eigenvalue weighted by atomic mass is 10.00. The molecule has 0 radical (unpaired) electrons. The fourth-order valence-corrected chi connectivity index (χ4v) is 6.17. The standard InChI is InChI=1S/C18H14F3NO4.C13H13NO6.C10H10F3NO2.C6H2BrF3.ClH/c19-12-7-14(21)13(20)6-11(12)18(26)15(8-17(24)25)22-9-16(23)10-4-2-1-3-5-10;15-11(16)6-10-12(17)20-8-14(10)13(18)19-7-9-4-2-1-3-5-9;11-7-4-9(13)8(12)2-5(7)1-6(14)3-10(15)16;7-3-1-5(9)6(10)2-4(3)8;/h1-7,15,22H,8-9H2,(H,24,25);1-5,10H,6-8H2,(H,15,16);2,4,6H,1,3,14H2,(H,15,16);1-2H;1H/t15-;10-;6-;;/m001../s1. The van der Waals surface area contributed by atoms with Gasteiger partial charge in [0.15, 0.2) is 53.2 Å². The van der Waals surface area contributed by atoms with Gasteiger partial charge in [-0.3, -0.25) is 34.2 Å². The molecule has 1 saturated heterocycles. The van der Waals surface area contributed by atoms with Crippen LogP contribution in [0, 0.1) is 52.4 Å². The van der Waals surface area contributed by atoms with Crippen molar-refractivity contribution < 1.29 is 97.9 Å². The van der Waals surface area contributed by atoms with Crippen molar-refractivity contribution in [3.8, 4) is 0 Å². The Morgan fingerprint density at radius 3 is 1.74 bits per heavy atom. The van der Waals surface area contributed by atoms with E-state index in [-0.39, 0.29) is 61.2 Å². The maximum atomic E-state index is 13.8. The Bertz CT molecular complexity index is 2700. The van der Waals surface area contributed by atoms with Gasteiger partial charge in [0.25, 0.3) is 0 Å². The van der Waals surface area contributed by atoms with Crippen molar-refractivity contribution in [3.05, 3.63) is 176 Å². The average Bonchev–Trinajstić information content (AvgIpc) is 3.68. The molecule has 0 aliphatic carbocycles. The summed E-state index contributed by atoms with van der Waals surface area (Å²) in [7, 11) is 0. The van der Waals surface area contributed by atoms with Gasteiger partial charge in [0, 0.05) is 29.8 Å². The first-order valence-corrected chi connectivity index (χ1v) is 21.2. The molecule has 0 spiro atoms. The monoisotopic (exact) mass is 1120 g/mol. The van der Waals surface area contributed by atoms with Crippen molar-refractivity contribution in [2.24, 2.45) is 5.73 Å². The SMILES string of the molecule is Cl.Fc1cc(F)c(Br)cc1F.N[C@@H](CC(=O)O)Cc1cc(F)c(F)cc1F.O=C(O)C[C@H](NCC(=O)c1ccccc1)C(=O)c1cc(F)c(F)cc1F.O=C(O)C[C@H]1C(=O)OCN1C(=O)OCc1ccccc1. The Morgan fingerprint density at radius 2 is 1.19 bits per heavy atom. The molecular weight excluding hydrogens is 1080 g/mol. The van der Waals surface area contributed by atoms with E-state index in [4.69, 9.17) is 25.8 Å². The number of carboxylic acid groups (broad SMARTS) is 3. The van der Waals surface area contributed by atoms with E-state index in [2.05, 4.69) is 26.0 Å². The molecule has 3 atom stereocenters. The van der Waals surface area contributed by atoms with E-state index in [1.165, 1.54) is 12.1 Å². The van der Waals surface area contributed by atoms with E-state index in [0.717, 1.165) is 16.5 Å². The number of Topliss-reactive ketones (excluding diaryl/α,β-unsaturated/α-hetero) is 2. The van der Waals surface area contributed by atoms with Crippen molar-refractivity contribution in [2.45, 2.75) is 50.4 Å². The number of nitrogens with zero attached hydrogens (tertiary/aromatic N) is 1. The molecule has 392 valence electrons. The second kappa shape index (κ2) is 29.9. The number of esters is 1. The number of carboxylic acids is 3. The largest absolute Gasteiger partial charge is 0.481 e. The highest BCUT2D eigenvalue weighted by Crippen LogP contribution is 2.21. The van der Waals surface area contributed by atoms with Crippen molar-refractivity contribution in [1.82, 2.24) is 10.2 Å². The van der Waals surface area contributed by atoms with Gasteiger partial charge in [0.05, 0.1) is 41.9 Å². The molecule has 26 heteroatoms. The van der Waals surface area contributed by atoms with Gasteiger partial charge in [-0.25, -0.2) is 49.1 Å². The summed E-state index contributed by atoms with van der Waals surface area (Å²) in [5.74, 6) is -16.6. The number of nitrogens with two attached hydrogens (primary N) is 1. The quantitative estimate of drug-likeness (QED) is 0.0270. The molecule has 5 aromatic carbocycles. The third-order valence-electron chi connectivity index (χ3n) is 9.35. The number of rotatable bonds is 16. The van der Waals surface area contributed by atoms with Crippen LogP contribution in [0.3, 0.4) is 0 Å². The highest BCUT2D eigenvalue weighted by atomic mass is 79.9. The normalized spacial score (nSPS) is 13.2. The number of amides is 1. The summed E-state index contributed by atoms with van der Waals surface area (Å²) in [4.78, 5) is 80.5. The van der Waals surface area contributed by atoms with E-state index in [1.54, 1.807) is 42.5 Å². The fraction of sp³-hybridized carbons (Fsp3) is 0.213. The van der Waals surface area contributed by atoms with Crippen molar-refractivity contribution in [3.63, 3.8) is 0 Å². The third kappa shape index (κ3) is 20.4. The third-order valence-corrected chi connectivity index (χ3v) is 9.96. The molecular formula is C47H40BrClF9N3O12. The summed E-state index contributed by atoms with van der Waals surface area (Å²) in [6.07, 6.45) is -2.56. The molecule has 73 heavy (non-hydrogen) atoms. The minimum atomic E-state index is -1.49. The molecule has 1 amide bonds. The summed E-state index contributed by atoms with van der Waals surface area (Å²) < 4.78 is 125. The predicted octanol–water partition coefficient (Wildman–Crippen LogP) is 8.32. The molecule has 1 aliphatic rings. The smallest absolute Gasteiger partial charge is 0.413 e. The van der Waals surface area contributed by atoms with E-state index in [0.29, 0.717) is 29.8 Å². The maximum absolute atomic E-state index is 13.8. The minimum Gasteiger partial charge on any atom is -0.481 e. The van der Waals surface area contributed by atoms with Crippen LogP contribution in [0.2, 0.25) is 0 Å². The zero-order chi connectivity index (χ0) is 53.8. The van der Waals surface area contributed by atoms with Crippen LogP contribution in [0.5, 0.6) is 0 Å². The lowest BCUT2D eigenvalue weighted by Gasteiger charge is -2.18. The molecule has 1 fully saturated rings. The predicted molar refractivity (Wildman–Crippen MR) is 242 cm³/mol. The number of hydrogen-bond donors (Lipinski definition) is 5. The first-order chi connectivity index (χ1) is 33.9. The molecule has 0 saturated carbocycles. The summed E-state index contributed by atoms with van der Waals surface area (Å²) in [5.41, 5.74) is 5.60. The molecule has 6 N–H and O–H groups in total. The van der Waals surface area contributed by atoms with Gasteiger partial charge in [0.1, 0.15) is 30.1 Å². The van der Waals surface area contributed by atoms with Crippen LogP contribution in [0.25, 0.3) is 0 Å². The van der Waals surface area contributed by atoms with Gasteiger partial charge >= 0.3 is 30.0 Å². The number of hydrogen-bond acceptors (Lipinski definition) is 11. The van der Waals surface area contributed by atoms with Crippen LogP contribution in [-0.2, 0) is 41.7 Å². The number of ketones is 2. The van der Waals surface area contributed by atoms with Gasteiger partial charge in [-0.05, 0) is 51.7 Å². The van der Waals surface area contributed by atoms with Crippen LogP contribution in [-0.4, -0.2) is 93.2 Å². The molecule has 1 heterocycles. The van der Waals surface area contributed by atoms with Crippen molar-refractivity contribution >= 4 is 69.9 Å². The Labute approximate surface area is 422 Å². The van der Waals surface area contributed by atoms with E-state index in [9.17, 15) is 73.1 Å². The van der Waals surface area contributed by atoms with E-state index in [1.807, 2.05) is 6.07 Å². The zero-order valence-corrected chi connectivity index (χ0v) is 39.6. The first kappa shape index (κ1) is 61.8. The Hall–Kier alpha value is -7.35. The summed E-state index contributed by atoms with van der Waals surface area (Å²) >= 11 is 2.70. The fourth-order valence-electron chi connectivity index (χ4n) is 5.86. The van der Waals surface area contributed by atoms with Crippen LogP contribution < -0.4 is 11.1 Å². The maximum Gasteiger partial charge on any atom is 0.413 e. The number of ether oxygens (including phenoxy) is 2. The Balaban J connectivity index is 0.000000348. The number of nitrogens with one attached hydrogen (secondary N) is 1.